The van der Waals surface area contributed by atoms with Crippen LogP contribution in [0.15, 0.2) is 18.2 Å². The van der Waals surface area contributed by atoms with Crippen LogP contribution in [0.2, 0.25) is 0 Å². The zero-order chi connectivity index (χ0) is 14.6. The molecule has 2 atom stereocenters. The van der Waals surface area contributed by atoms with Crippen LogP contribution in [0, 0.1) is 11.7 Å². The summed E-state index contributed by atoms with van der Waals surface area (Å²) >= 11 is 0. The molecule has 0 aliphatic carbocycles. The SMILES string of the molecule is COc1ccc(CS(=O)C(C(=O)O)C(C)C)c(F)c1. The summed E-state index contributed by atoms with van der Waals surface area (Å²) in [4.78, 5) is 11.1. The minimum atomic E-state index is -1.67. The second kappa shape index (κ2) is 6.65. The molecule has 19 heavy (non-hydrogen) atoms. The number of rotatable bonds is 6. The summed E-state index contributed by atoms with van der Waals surface area (Å²) < 4.78 is 30.6. The zero-order valence-corrected chi connectivity index (χ0v) is 11.9. The zero-order valence-electron chi connectivity index (χ0n) is 11.1. The maximum absolute atomic E-state index is 13.7. The van der Waals surface area contributed by atoms with Gasteiger partial charge in [-0.05, 0) is 12.0 Å². The Labute approximate surface area is 114 Å². The van der Waals surface area contributed by atoms with Crippen LogP contribution < -0.4 is 4.74 Å². The second-order valence-corrected chi connectivity index (χ2v) is 6.04. The van der Waals surface area contributed by atoms with E-state index in [1.54, 1.807) is 19.9 Å². The molecule has 106 valence electrons. The third-order valence-corrected chi connectivity index (χ3v) is 4.60. The van der Waals surface area contributed by atoms with Gasteiger partial charge in [0.2, 0.25) is 0 Å². The molecule has 1 N–H and O–H groups in total. The fraction of sp³-hybridized carbons (Fsp3) is 0.462. The van der Waals surface area contributed by atoms with Crippen molar-refractivity contribution in [2.75, 3.05) is 7.11 Å². The third kappa shape index (κ3) is 4.02. The molecule has 1 aromatic carbocycles. The molecule has 0 saturated carbocycles. The number of hydrogen-bond donors (Lipinski definition) is 1. The lowest BCUT2D eigenvalue weighted by Gasteiger charge is -2.16. The fourth-order valence-corrected chi connectivity index (χ4v) is 3.27. The predicted octanol–water partition coefficient (Wildman–Crippen LogP) is 2.19. The van der Waals surface area contributed by atoms with Crippen molar-refractivity contribution in [2.45, 2.75) is 24.9 Å². The molecule has 0 aliphatic heterocycles. The predicted molar refractivity (Wildman–Crippen MR) is 71.1 cm³/mol. The summed E-state index contributed by atoms with van der Waals surface area (Å²) in [6.45, 7) is 3.36. The van der Waals surface area contributed by atoms with Gasteiger partial charge in [0, 0.05) is 22.4 Å². The molecule has 0 aromatic heterocycles. The third-order valence-electron chi connectivity index (χ3n) is 2.69. The summed E-state index contributed by atoms with van der Waals surface area (Å²) in [5.41, 5.74) is 0.228. The first-order chi connectivity index (χ1) is 8.86. The van der Waals surface area contributed by atoms with Gasteiger partial charge in [-0.15, -0.1) is 0 Å². The monoisotopic (exact) mass is 288 g/mol. The highest BCUT2D eigenvalue weighted by atomic mass is 32.2. The second-order valence-electron chi connectivity index (χ2n) is 4.49. The summed E-state index contributed by atoms with van der Waals surface area (Å²) in [5.74, 6) is -1.70. The Balaban J connectivity index is 2.90. The van der Waals surface area contributed by atoms with E-state index in [9.17, 15) is 13.4 Å². The van der Waals surface area contributed by atoms with Gasteiger partial charge in [-0.25, -0.2) is 4.39 Å². The number of carboxylic acids is 1. The van der Waals surface area contributed by atoms with E-state index >= 15 is 0 Å². The van der Waals surface area contributed by atoms with Crippen molar-refractivity contribution in [2.24, 2.45) is 5.92 Å². The van der Waals surface area contributed by atoms with Crippen LogP contribution >= 0.6 is 0 Å². The number of carbonyl (C=O) groups is 1. The topological polar surface area (TPSA) is 63.6 Å². The van der Waals surface area contributed by atoms with E-state index in [0.29, 0.717) is 5.75 Å². The number of halogens is 1. The highest BCUT2D eigenvalue weighted by Crippen LogP contribution is 2.20. The molecular formula is C13H17FO4S. The van der Waals surface area contributed by atoms with E-state index in [2.05, 4.69) is 0 Å². The Bertz CT molecular complexity index is 488. The molecule has 0 spiro atoms. The van der Waals surface area contributed by atoms with E-state index in [0.717, 1.165) is 0 Å². The Morgan fingerprint density at radius 1 is 1.47 bits per heavy atom. The lowest BCUT2D eigenvalue weighted by atomic mass is 10.1. The summed E-state index contributed by atoms with van der Waals surface area (Å²) in [7, 11) is -0.246. The Hall–Kier alpha value is -1.43. The van der Waals surface area contributed by atoms with Gasteiger partial charge in [0.15, 0.2) is 0 Å². The van der Waals surface area contributed by atoms with Gasteiger partial charge in [-0.3, -0.25) is 9.00 Å². The van der Waals surface area contributed by atoms with Gasteiger partial charge in [-0.1, -0.05) is 19.9 Å². The number of aliphatic carboxylic acids is 1. The number of methoxy groups -OCH3 is 1. The van der Waals surface area contributed by atoms with Crippen molar-refractivity contribution in [3.8, 4) is 5.75 Å². The van der Waals surface area contributed by atoms with Crippen LogP contribution in [0.3, 0.4) is 0 Å². The Morgan fingerprint density at radius 2 is 2.11 bits per heavy atom. The fourth-order valence-electron chi connectivity index (χ4n) is 1.72. The highest BCUT2D eigenvalue weighted by molar-refractivity contribution is 7.85. The largest absolute Gasteiger partial charge is 0.497 e. The van der Waals surface area contributed by atoms with Crippen molar-refractivity contribution < 1.29 is 23.2 Å². The molecule has 0 heterocycles. The van der Waals surface area contributed by atoms with E-state index < -0.39 is 27.8 Å². The van der Waals surface area contributed by atoms with Crippen molar-refractivity contribution in [1.82, 2.24) is 0 Å². The van der Waals surface area contributed by atoms with Gasteiger partial charge in [0.25, 0.3) is 0 Å². The smallest absolute Gasteiger partial charge is 0.319 e. The molecule has 6 heteroatoms. The van der Waals surface area contributed by atoms with Crippen molar-refractivity contribution in [3.05, 3.63) is 29.6 Å². The number of hydrogen-bond acceptors (Lipinski definition) is 3. The van der Waals surface area contributed by atoms with Crippen LogP contribution in [0.5, 0.6) is 5.75 Å². The van der Waals surface area contributed by atoms with E-state index in [4.69, 9.17) is 9.84 Å². The van der Waals surface area contributed by atoms with Crippen molar-refractivity contribution >= 4 is 16.8 Å². The first kappa shape index (κ1) is 15.6. The first-order valence-corrected chi connectivity index (χ1v) is 7.17. The lowest BCUT2D eigenvalue weighted by molar-refractivity contribution is -0.137. The van der Waals surface area contributed by atoms with E-state index in [1.807, 2.05) is 0 Å². The molecule has 4 nitrogen and oxygen atoms in total. The number of carboxylic acid groups (broad SMARTS) is 1. The normalized spacial score (nSPS) is 14.2. The standard InChI is InChI=1S/C13H17FO4S/c1-8(2)12(13(15)16)19(17)7-9-4-5-10(18-3)6-11(9)14/h4-6,8,12H,7H2,1-3H3,(H,15,16). The van der Waals surface area contributed by atoms with Crippen LogP contribution in [0.4, 0.5) is 4.39 Å². The summed E-state index contributed by atoms with van der Waals surface area (Å²) in [5, 5.41) is 8.04. The van der Waals surface area contributed by atoms with Gasteiger partial charge < -0.3 is 9.84 Å². The van der Waals surface area contributed by atoms with Gasteiger partial charge in [0.05, 0.1) is 12.9 Å². The van der Waals surface area contributed by atoms with Crippen LogP contribution in [0.25, 0.3) is 0 Å². The molecule has 0 bridgehead atoms. The van der Waals surface area contributed by atoms with Crippen molar-refractivity contribution in [3.63, 3.8) is 0 Å². The van der Waals surface area contributed by atoms with Gasteiger partial charge >= 0.3 is 5.97 Å². The number of ether oxygens (including phenoxy) is 1. The van der Waals surface area contributed by atoms with Crippen LogP contribution in [-0.2, 0) is 21.3 Å². The summed E-state index contributed by atoms with van der Waals surface area (Å²) in [6.07, 6.45) is 0. The van der Waals surface area contributed by atoms with Gasteiger partial charge in [-0.2, -0.15) is 0 Å². The molecule has 0 fully saturated rings. The summed E-state index contributed by atoms with van der Waals surface area (Å²) in [6, 6.07) is 4.21. The maximum Gasteiger partial charge on any atom is 0.319 e. The molecular weight excluding hydrogens is 271 g/mol. The van der Waals surface area contributed by atoms with Crippen molar-refractivity contribution in [1.29, 1.82) is 0 Å². The average Bonchev–Trinajstić information content (AvgIpc) is 2.30. The van der Waals surface area contributed by atoms with Crippen LogP contribution in [-0.4, -0.2) is 27.6 Å². The molecule has 1 aromatic rings. The Morgan fingerprint density at radius 3 is 2.53 bits per heavy atom. The van der Waals surface area contributed by atoms with E-state index in [1.165, 1.54) is 19.2 Å². The quantitative estimate of drug-likeness (QED) is 0.871. The maximum atomic E-state index is 13.7. The Kier molecular flexibility index (Phi) is 5.47. The highest BCUT2D eigenvalue weighted by Gasteiger charge is 2.28. The molecule has 1 rings (SSSR count). The molecule has 0 aliphatic rings. The minimum Gasteiger partial charge on any atom is -0.497 e. The molecule has 0 amide bonds. The molecule has 2 unspecified atom stereocenters. The minimum absolute atomic E-state index is 0.120. The van der Waals surface area contributed by atoms with Gasteiger partial charge in [0.1, 0.15) is 16.8 Å². The molecule has 0 radical (unpaired) electrons. The lowest BCUT2D eigenvalue weighted by Crippen LogP contribution is -2.31. The average molecular weight is 288 g/mol. The number of benzene rings is 1. The first-order valence-electron chi connectivity index (χ1n) is 5.79. The van der Waals surface area contributed by atoms with Crippen LogP contribution in [0.1, 0.15) is 19.4 Å². The van der Waals surface area contributed by atoms with E-state index in [-0.39, 0.29) is 17.2 Å². The molecule has 0 saturated heterocycles.